The van der Waals surface area contributed by atoms with E-state index >= 15 is 0 Å². The lowest BCUT2D eigenvalue weighted by Crippen LogP contribution is -2.37. The molecule has 6 nitrogen and oxygen atoms in total. The first-order valence-electron chi connectivity index (χ1n) is 8.44. The van der Waals surface area contributed by atoms with Gasteiger partial charge in [0.25, 0.3) is 5.56 Å². The van der Waals surface area contributed by atoms with Crippen LogP contribution in [0.15, 0.2) is 10.9 Å². The van der Waals surface area contributed by atoms with Crippen LogP contribution < -0.4 is 10.9 Å². The molecule has 2 aromatic rings. The molecule has 0 aromatic carbocycles. The lowest BCUT2D eigenvalue weighted by molar-refractivity contribution is 0.234. The summed E-state index contributed by atoms with van der Waals surface area (Å²) >= 11 is 1.45. The van der Waals surface area contributed by atoms with E-state index in [-0.39, 0.29) is 5.56 Å². The molecule has 1 N–H and O–H groups in total. The molecule has 1 atom stereocenters. The SMILES string of the molecule is CCc1cc(=O)n2nc(NC[C@H]3CCCN3CC(C)C)sc2n1. The van der Waals surface area contributed by atoms with Crippen LogP contribution in [-0.4, -0.2) is 45.2 Å². The van der Waals surface area contributed by atoms with Crippen molar-refractivity contribution < 1.29 is 0 Å². The maximum atomic E-state index is 12.0. The van der Waals surface area contributed by atoms with Crippen molar-refractivity contribution in [3.8, 4) is 0 Å². The van der Waals surface area contributed by atoms with Crippen LogP contribution in [0.2, 0.25) is 0 Å². The van der Waals surface area contributed by atoms with Gasteiger partial charge < -0.3 is 5.32 Å². The highest BCUT2D eigenvalue weighted by Gasteiger charge is 2.24. The van der Waals surface area contributed by atoms with Crippen LogP contribution >= 0.6 is 11.3 Å². The molecule has 0 saturated carbocycles. The predicted octanol–water partition coefficient (Wildman–Crippen LogP) is 2.25. The first-order chi connectivity index (χ1) is 11.1. The number of fused-ring (bicyclic) bond motifs is 1. The van der Waals surface area contributed by atoms with Gasteiger partial charge >= 0.3 is 0 Å². The van der Waals surface area contributed by atoms with E-state index in [4.69, 9.17) is 0 Å². The van der Waals surface area contributed by atoms with E-state index in [1.165, 1.54) is 35.2 Å². The minimum absolute atomic E-state index is 0.0987. The summed E-state index contributed by atoms with van der Waals surface area (Å²) in [5, 5.41) is 8.55. The van der Waals surface area contributed by atoms with Crippen molar-refractivity contribution in [3.05, 3.63) is 22.1 Å². The van der Waals surface area contributed by atoms with Crippen LogP contribution in [0.25, 0.3) is 4.96 Å². The number of aromatic nitrogens is 3. The number of likely N-dealkylation sites (tertiary alicyclic amines) is 1. The second-order valence-electron chi connectivity index (χ2n) is 6.61. The summed E-state index contributed by atoms with van der Waals surface area (Å²) in [5.41, 5.74) is 0.725. The highest BCUT2D eigenvalue weighted by Crippen LogP contribution is 2.21. The Morgan fingerprint density at radius 3 is 3.04 bits per heavy atom. The largest absolute Gasteiger partial charge is 0.359 e. The van der Waals surface area contributed by atoms with Crippen LogP contribution in [0.4, 0.5) is 5.13 Å². The summed E-state index contributed by atoms with van der Waals surface area (Å²) < 4.78 is 1.40. The zero-order chi connectivity index (χ0) is 16.4. The Morgan fingerprint density at radius 1 is 1.48 bits per heavy atom. The minimum atomic E-state index is -0.0987. The van der Waals surface area contributed by atoms with Gasteiger partial charge in [0.05, 0.1) is 0 Å². The number of hydrogen-bond donors (Lipinski definition) is 1. The highest BCUT2D eigenvalue weighted by atomic mass is 32.1. The van der Waals surface area contributed by atoms with E-state index in [0.717, 1.165) is 30.3 Å². The average molecular weight is 335 g/mol. The fraction of sp³-hybridized carbons (Fsp3) is 0.688. The summed E-state index contributed by atoms with van der Waals surface area (Å²) in [6.45, 7) is 9.74. The van der Waals surface area contributed by atoms with Gasteiger partial charge in [-0.05, 0) is 31.7 Å². The number of hydrogen-bond acceptors (Lipinski definition) is 6. The molecule has 0 aliphatic carbocycles. The fourth-order valence-corrected chi connectivity index (χ4v) is 3.98. The van der Waals surface area contributed by atoms with Gasteiger partial charge in [0.15, 0.2) is 0 Å². The maximum Gasteiger partial charge on any atom is 0.275 e. The number of nitrogens with zero attached hydrogens (tertiary/aromatic N) is 4. The van der Waals surface area contributed by atoms with Gasteiger partial charge in [0, 0.05) is 30.9 Å². The van der Waals surface area contributed by atoms with Gasteiger partial charge in [0.2, 0.25) is 10.1 Å². The van der Waals surface area contributed by atoms with Gasteiger partial charge in [-0.25, -0.2) is 4.98 Å². The normalized spacial score (nSPS) is 19.0. The molecule has 23 heavy (non-hydrogen) atoms. The van der Waals surface area contributed by atoms with Crippen LogP contribution in [0.3, 0.4) is 0 Å². The Hall–Kier alpha value is -1.47. The van der Waals surface area contributed by atoms with Crippen molar-refractivity contribution in [1.29, 1.82) is 0 Å². The molecule has 1 aliphatic rings. The molecule has 1 saturated heterocycles. The summed E-state index contributed by atoms with van der Waals surface area (Å²) in [5.74, 6) is 0.688. The molecular weight excluding hydrogens is 310 g/mol. The van der Waals surface area contributed by atoms with Crippen LogP contribution in [-0.2, 0) is 6.42 Å². The quantitative estimate of drug-likeness (QED) is 0.877. The summed E-state index contributed by atoms with van der Waals surface area (Å²) in [6, 6.07) is 2.12. The van der Waals surface area contributed by atoms with Gasteiger partial charge in [-0.3, -0.25) is 9.69 Å². The van der Waals surface area contributed by atoms with Crippen molar-refractivity contribution in [2.24, 2.45) is 5.92 Å². The summed E-state index contributed by atoms with van der Waals surface area (Å²) in [4.78, 5) is 19.7. The topological polar surface area (TPSA) is 62.5 Å². The number of rotatable bonds is 6. The van der Waals surface area contributed by atoms with E-state index in [2.05, 4.69) is 34.1 Å². The molecule has 1 fully saturated rings. The number of aryl methyl sites for hydroxylation is 1. The predicted molar refractivity (Wildman–Crippen MR) is 94.4 cm³/mol. The third-order valence-electron chi connectivity index (χ3n) is 4.25. The van der Waals surface area contributed by atoms with Crippen molar-refractivity contribution in [1.82, 2.24) is 19.5 Å². The maximum absolute atomic E-state index is 12.0. The molecule has 0 spiro atoms. The third kappa shape index (κ3) is 3.72. The van der Waals surface area contributed by atoms with Crippen molar-refractivity contribution in [2.75, 3.05) is 25.0 Å². The number of nitrogens with one attached hydrogen (secondary N) is 1. The van der Waals surface area contributed by atoms with E-state index in [9.17, 15) is 4.79 Å². The van der Waals surface area contributed by atoms with Crippen LogP contribution in [0.5, 0.6) is 0 Å². The molecule has 126 valence electrons. The molecule has 0 unspecified atom stereocenters. The summed E-state index contributed by atoms with van der Waals surface area (Å²) in [7, 11) is 0. The zero-order valence-corrected chi connectivity index (χ0v) is 14.9. The molecule has 3 heterocycles. The van der Waals surface area contributed by atoms with E-state index < -0.39 is 0 Å². The second-order valence-corrected chi connectivity index (χ2v) is 7.56. The van der Waals surface area contributed by atoms with Gasteiger partial charge in [-0.2, -0.15) is 4.52 Å². The minimum Gasteiger partial charge on any atom is -0.359 e. The smallest absolute Gasteiger partial charge is 0.275 e. The first-order valence-corrected chi connectivity index (χ1v) is 9.26. The van der Waals surface area contributed by atoms with Gasteiger partial charge in [-0.15, -0.1) is 5.10 Å². The van der Waals surface area contributed by atoms with Gasteiger partial charge in [0.1, 0.15) is 0 Å². The lowest BCUT2D eigenvalue weighted by Gasteiger charge is -2.26. The Balaban J connectivity index is 1.70. The van der Waals surface area contributed by atoms with Crippen molar-refractivity contribution in [3.63, 3.8) is 0 Å². The Bertz CT molecular complexity index is 723. The van der Waals surface area contributed by atoms with E-state index in [1.54, 1.807) is 6.07 Å². The third-order valence-corrected chi connectivity index (χ3v) is 5.11. The van der Waals surface area contributed by atoms with Crippen molar-refractivity contribution >= 4 is 21.4 Å². The monoisotopic (exact) mass is 335 g/mol. The molecule has 2 aromatic heterocycles. The average Bonchev–Trinajstić information content (AvgIpc) is 3.11. The molecule has 0 bridgehead atoms. The molecule has 3 rings (SSSR count). The Kier molecular flexibility index (Phi) is 4.96. The zero-order valence-electron chi connectivity index (χ0n) is 14.1. The standard InChI is InChI=1S/C16H25N5OS/c1-4-12-8-14(22)21-16(18-12)23-15(19-21)17-9-13-6-5-7-20(13)10-11(2)3/h8,11,13H,4-7,9-10H2,1-3H3,(H,17,19)/t13-/m1/s1. The lowest BCUT2D eigenvalue weighted by atomic mass is 10.1. The molecule has 1 aliphatic heterocycles. The fourth-order valence-electron chi connectivity index (χ4n) is 3.15. The second kappa shape index (κ2) is 6.97. The van der Waals surface area contributed by atoms with E-state index in [1.807, 2.05) is 6.92 Å². The molecular formula is C16H25N5OS. The van der Waals surface area contributed by atoms with Gasteiger partial charge in [-0.1, -0.05) is 32.1 Å². The van der Waals surface area contributed by atoms with Crippen LogP contribution in [0, 0.1) is 5.92 Å². The van der Waals surface area contributed by atoms with E-state index in [0.29, 0.717) is 16.9 Å². The molecule has 7 heteroatoms. The first kappa shape index (κ1) is 16.4. The number of anilines is 1. The Morgan fingerprint density at radius 2 is 2.30 bits per heavy atom. The molecule has 0 radical (unpaired) electrons. The molecule has 0 amide bonds. The van der Waals surface area contributed by atoms with Crippen molar-refractivity contribution in [2.45, 2.75) is 46.1 Å². The Labute approximate surface area is 140 Å². The summed E-state index contributed by atoms with van der Waals surface area (Å²) in [6.07, 6.45) is 3.25. The highest BCUT2D eigenvalue weighted by molar-refractivity contribution is 7.20. The van der Waals surface area contributed by atoms with Crippen LogP contribution in [0.1, 0.15) is 39.3 Å².